The molecule has 1 N–H and O–H groups in total. The first-order chi connectivity index (χ1) is 16.9. The minimum atomic E-state index is -4.08. The van der Waals surface area contributed by atoms with Crippen molar-refractivity contribution in [1.29, 1.82) is 0 Å². The van der Waals surface area contributed by atoms with Crippen LogP contribution in [0.1, 0.15) is 32.8 Å². The van der Waals surface area contributed by atoms with Gasteiger partial charge in [-0.2, -0.15) is 0 Å². The summed E-state index contributed by atoms with van der Waals surface area (Å²) in [6.45, 7) is 4.69. The Kier molecular flexibility index (Phi) is 9.79. The Morgan fingerprint density at radius 2 is 1.78 bits per heavy atom. The zero-order chi connectivity index (χ0) is 27.0. The van der Waals surface area contributed by atoms with E-state index in [2.05, 4.69) is 5.32 Å². The summed E-state index contributed by atoms with van der Waals surface area (Å²) in [7, 11) is -2.79. The van der Waals surface area contributed by atoms with Gasteiger partial charge in [-0.3, -0.25) is 24.0 Å². The minimum absolute atomic E-state index is 0.0380. The van der Waals surface area contributed by atoms with E-state index in [9.17, 15) is 28.1 Å². The standard InChI is InChI=1S/C24H32N4O7S/c1-6-17(2)25-24(30)18(3)26(15-19-10-8-7-9-11-19)23(29)16-27(36(5,33)34)21-14-20(28(31)32)12-13-22(21)35-4/h7-14,17-18H,6,15-16H2,1-5H3,(H,25,30)/t17-,18-/m0/s1. The topological polar surface area (TPSA) is 139 Å². The van der Waals surface area contributed by atoms with E-state index in [0.717, 1.165) is 22.2 Å². The fourth-order valence-electron chi connectivity index (χ4n) is 3.41. The van der Waals surface area contributed by atoms with Crippen molar-refractivity contribution in [3.8, 4) is 5.75 Å². The van der Waals surface area contributed by atoms with Crippen molar-refractivity contribution in [2.24, 2.45) is 0 Å². The number of sulfonamides is 1. The highest BCUT2D eigenvalue weighted by Gasteiger charge is 2.32. The van der Waals surface area contributed by atoms with Gasteiger partial charge in [0.1, 0.15) is 24.0 Å². The Hall–Kier alpha value is -3.67. The maximum absolute atomic E-state index is 13.6. The molecule has 196 valence electrons. The van der Waals surface area contributed by atoms with Crippen LogP contribution in [0.4, 0.5) is 11.4 Å². The van der Waals surface area contributed by atoms with Gasteiger partial charge in [-0.1, -0.05) is 37.3 Å². The molecule has 12 heteroatoms. The number of amides is 2. The quantitative estimate of drug-likeness (QED) is 0.335. The fraction of sp³-hybridized carbons (Fsp3) is 0.417. The molecule has 11 nitrogen and oxygen atoms in total. The number of nitro benzene ring substituents is 1. The molecule has 0 radical (unpaired) electrons. The molecule has 2 aromatic rings. The summed E-state index contributed by atoms with van der Waals surface area (Å²) in [5.74, 6) is -1.01. The van der Waals surface area contributed by atoms with Crippen LogP contribution in [0.15, 0.2) is 48.5 Å². The average Bonchev–Trinajstić information content (AvgIpc) is 2.84. The number of methoxy groups -OCH3 is 1. The molecule has 0 bridgehead atoms. The van der Waals surface area contributed by atoms with Crippen LogP contribution in [0, 0.1) is 10.1 Å². The van der Waals surface area contributed by atoms with Gasteiger partial charge in [0.25, 0.3) is 5.69 Å². The first-order valence-electron chi connectivity index (χ1n) is 11.3. The molecule has 2 amide bonds. The molecule has 0 aliphatic heterocycles. The van der Waals surface area contributed by atoms with Gasteiger partial charge in [0, 0.05) is 24.7 Å². The highest BCUT2D eigenvalue weighted by atomic mass is 32.2. The largest absolute Gasteiger partial charge is 0.495 e. The van der Waals surface area contributed by atoms with E-state index in [1.54, 1.807) is 31.2 Å². The predicted octanol–water partition coefficient (Wildman–Crippen LogP) is 2.70. The lowest BCUT2D eigenvalue weighted by Gasteiger charge is -2.32. The van der Waals surface area contributed by atoms with Gasteiger partial charge in [-0.25, -0.2) is 8.42 Å². The molecule has 36 heavy (non-hydrogen) atoms. The van der Waals surface area contributed by atoms with Crippen molar-refractivity contribution in [2.75, 3.05) is 24.2 Å². The fourth-order valence-corrected chi connectivity index (χ4v) is 4.25. The first-order valence-corrected chi connectivity index (χ1v) is 13.2. The number of ether oxygens (including phenoxy) is 1. The molecule has 2 rings (SSSR count). The molecular weight excluding hydrogens is 488 g/mol. The molecule has 2 aromatic carbocycles. The second-order valence-corrected chi connectivity index (χ2v) is 10.3. The summed E-state index contributed by atoms with van der Waals surface area (Å²) < 4.78 is 31.4. The zero-order valence-electron chi connectivity index (χ0n) is 21.0. The number of hydrogen-bond acceptors (Lipinski definition) is 7. The third-order valence-corrected chi connectivity index (χ3v) is 6.81. The lowest BCUT2D eigenvalue weighted by atomic mass is 10.1. The zero-order valence-corrected chi connectivity index (χ0v) is 21.8. The Morgan fingerprint density at radius 3 is 2.31 bits per heavy atom. The summed E-state index contributed by atoms with van der Waals surface area (Å²) in [6.07, 6.45) is 1.58. The van der Waals surface area contributed by atoms with Gasteiger partial charge < -0.3 is 15.0 Å². The third kappa shape index (κ3) is 7.41. The molecule has 0 fully saturated rings. The van der Waals surface area contributed by atoms with E-state index >= 15 is 0 Å². The number of rotatable bonds is 12. The first kappa shape index (κ1) is 28.6. The van der Waals surface area contributed by atoms with Crippen LogP contribution >= 0.6 is 0 Å². The summed E-state index contributed by atoms with van der Waals surface area (Å²) in [5, 5.41) is 14.2. The minimum Gasteiger partial charge on any atom is -0.495 e. The molecule has 2 atom stereocenters. The number of hydrogen-bond donors (Lipinski definition) is 1. The van der Waals surface area contributed by atoms with Gasteiger partial charge in [-0.15, -0.1) is 0 Å². The number of benzene rings is 2. The van der Waals surface area contributed by atoms with Crippen molar-refractivity contribution >= 4 is 33.2 Å². The Morgan fingerprint density at radius 1 is 1.14 bits per heavy atom. The van der Waals surface area contributed by atoms with Gasteiger partial charge in [0.05, 0.1) is 18.3 Å². The van der Waals surface area contributed by atoms with Gasteiger partial charge in [0.2, 0.25) is 21.8 Å². The van der Waals surface area contributed by atoms with E-state index in [0.29, 0.717) is 6.42 Å². The Balaban J connectivity index is 2.49. The van der Waals surface area contributed by atoms with Crippen LogP contribution in [0.2, 0.25) is 0 Å². The molecule has 0 saturated carbocycles. The van der Waals surface area contributed by atoms with E-state index in [1.165, 1.54) is 24.1 Å². The highest BCUT2D eigenvalue weighted by Crippen LogP contribution is 2.33. The van der Waals surface area contributed by atoms with Gasteiger partial charge in [-0.05, 0) is 31.9 Å². The van der Waals surface area contributed by atoms with Gasteiger partial charge in [0.15, 0.2) is 0 Å². The number of nitrogens with zero attached hydrogens (tertiary/aromatic N) is 3. The molecule has 0 heterocycles. The van der Waals surface area contributed by atoms with Crippen LogP contribution in [-0.2, 0) is 26.2 Å². The molecule has 0 unspecified atom stereocenters. The maximum Gasteiger partial charge on any atom is 0.271 e. The maximum atomic E-state index is 13.6. The van der Waals surface area contributed by atoms with Crippen LogP contribution in [0.25, 0.3) is 0 Å². The number of nitro groups is 1. The molecule has 0 aliphatic rings. The van der Waals surface area contributed by atoms with E-state index < -0.39 is 33.4 Å². The Labute approximate surface area is 211 Å². The van der Waals surface area contributed by atoms with Crippen LogP contribution in [-0.4, -0.2) is 62.0 Å². The van der Waals surface area contributed by atoms with Gasteiger partial charge >= 0.3 is 0 Å². The monoisotopic (exact) mass is 520 g/mol. The predicted molar refractivity (Wildman–Crippen MR) is 136 cm³/mol. The molecule has 0 saturated heterocycles. The van der Waals surface area contributed by atoms with E-state index in [1.807, 2.05) is 19.9 Å². The van der Waals surface area contributed by atoms with Crippen LogP contribution in [0.5, 0.6) is 5.75 Å². The van der Waals surface area contributed by atoms with Crippen molar-refractivity contribution in [3.05, 3.63) is 64.2 Å². The van der Waals surface area contributed by atoms with Crippen molar-refractivity contribution in [1.82, 2.24) is 10.2 Å². The summed E-state index contributed by atoms with van der Waals surface area (Å²) in [5.41, 5.74) is 0.223. The number of anilines is 1. The van der Waals surface area contributed by atoms with Crippen molar-refractivity contribution in [3.63, 3.8) is 0 Å². The number of carbonyl (C=O) groups excluding carboxylic acids is 2. The smallest absolute Gasteiger partial charge is 0.271 e. The highest BCUT2D eigenvalue weighted by molar-refractivity contribution is 7.92. The molecule has 0 aliphatic carbocycles. The van der Waals surface area contributed by atoms with Crippen molar-refractivity contribution < 1.29 is 27.7 Å². The third-order valence-electron chi connectivity index (χ3n) is 5.69. The average molecular weight is 521 g/mol. The second kappa shape index (κ2) is 12.3. The lowest BCUT2D eigenvalue weighted by Crippen LogP contribution is -2.52. The normalized spacial score (nSPS) is 12.8. The Bertz CT molecular complexity index is 1190. The van der Waals surface area contributed by atoms with E-state index in [-0.39, 0.29) is 35.6 Å². The molecule has 0 aromatic heterocycles. The molecular formula is C24H32N4O7S. The van der Waals surface area contributed by atoms with Crippen LogP contribution in [0.3, 0.4) is 0 Å². The number of non-ortho nitro benzene ring substituents is 1. The molecule has 0 spiro atoms. The summed E-state index contributed by atoms with van der Waals surface area (Å²) in [6, 6.07) is 11.4. The van der Waals surface area contributed by atoms with E-state index in [4.69, 9.17) is 4.74 Å². The SMILES string of the molecule is CC[C@H](C)NC(=O)[C@H](C)N(Cc1ccccc1)C(=O)CN(c1cc([N+](=O)[O-])ccc1OC)S(C)(=O)=O. The number of nitrogens with one attached hydrogen (secondary N) is 1. The number of carbonyl (C=O) groups is 2. The van der Waals surface area contributed by atoms with Crippen molar-refractivity contribution in [2.45, 2.75) is 45.8 Å². The van der Waals surface area contributed by atoms with Crippen LogP contribution < -0.4 is 14.4 Å². The summed E-state index contributed by atoms with van der Waals surface area (Å²) >= 11 is 0. The second-order valence-electron chi connectivity index (χ2n) is 8.38. The lowest BCUT2D eigenvalue weighted by molar-refractivity contribution is -0.384. The summed E-state index contributed by atoms with van der Waals surface area (Å²) in [4.78, 5) is 38.4.